The number of ether oxygens (including phenoxy) is 5. The van der Waals surface area contributed by atoms with Crippen LogP contribution in [0.4, 0.5) is 0 Å². The average molecular weight is 479 g/mol. The zero-order valence-electron chi connectivity index (χ0n) is 18.8. The smallest absolute Gasteiger partial charge is 0.311 e. The Balaban J connectivity index is 2.17. The number of aliphatic carboxylic acids is 1. The number of carboxylic acids is 1. The van der Waals surface area contributed by atoms with Crippen molar-refractivity contribution in [1.29, 1.82) is 0 Å². The summed E-state index contributed by atoms with van der Waals surface area (Å²) in [6.45, 7) is 0. The SMILES string of the molecule is COc1cc(OC)c(C=C[S+]([O-])Cc2ccc(OC)c(OC(=O)CCC(=O)O)c2)c(OC)c1. The van der Waals surface area contributed by atoms with Crippen LogP contribution in [0.2, 0.25) is 0 Å². The normalized spacial score (nSPS) is 11.7. The molecule has 0 heterocycles. The third-order valence-electron chi connectivity index (χ3n) is 4.44. The van der Waals surface area contributed by atoms with Crippen LogP contribution in [0, 0.1) is 0 Å². The van der Waals surface area contributed by atoms with Gasteiger partial charge in [0.2, 0.25) is 0 Å². The highest BCUT2D eigenvalue weighted by molar-refractivity contribution is 7.93. The summed E-state index contributed by atoms with van der Waals surface area (Å²) < 4.78 is 39.1. The number of carboxylic acid groups (broad SMARTS) is 1. The number of esters is 1. The number of carbonyl (C=O) groups is 2. The van der Waals surface area contributed by atoms with Crippen LogP contribution in [0.15, 0.2) is 35.7 Å². The van der Waals surface area contributed by atoms with Crippen LogP contribution in [-0.4, -0.2) is 50.0 Å². The van der Waals surface area contributed by atoms with Crippen LogP contribution < -0.4 is 23.7 Å². The van der Waals surface area contributed by atoms with Crippen molar-refractivity contribution in [3.8, 4) is 28.7 Å². The van der Waals surface area contributed by atoms with Crippen molar-refractivity contribution in [2.45, 2.75) is 18.6 Å². The van der Waals surface area contributed by atoms with Crippen LogP contribution in [0.5, 0.6) is 28.7 Å². The summed E-state index contributed by atoms with van der Waals surface area (Å²) >= 11 is -1.42. The molecule has 0 aliphatic rings. The Bertz CT molecular complexity index is 978. The van der Waals surface area contributed by atoms with Gasteiger partial charge in [-0.1, -0.05) is 6.07 Å². The van der Waals surface area contributed by atoms with E-state index in [0.29, 0.717) is 34.1 Å². The largest absolute Gasteiger partial charge is 0.612 e. The molecule has 0 saturated heterocycles. The summed E-state index contributed by atoms with van der Waals surface area (Å²) in [6.07, 6.45) is 1.03. The zero-order chi connectivity index (χ0) is 24.4. The second kappa shape index (κ2) is 12.6. The Hall–Kier alpha value is -3.37. The lowest BCUT2D eigenvalue weighted by Crippen LogP contribution is -2.11. The maximum atomic E-state index is 12.7. The van der Waals surface area contributed by atoms with Crippen molar-refractivity contribution in [3.63, 3.8) is 0 Å². The van der Waals surface area contributed by atoms with E-state index in [1.165, 1.54) is 39.9 Å². The van der Waals surface area contributed by atoms with E-state index >= 15 is 0 Å². The lowest BCUT2D eigenvalue weighted by Gasteiger charge is -2.13. The van der Waals surface area contributed by atoms with E-state index in [4.69, 9.17) is 28.8 Å². The number of rotatable bonds is 12. The third kappa shape index (κ3) is 7.62. The molecule has 0 aliphatic carbocycles. The maximum absolute atomic E-state index is 12.7. The summed E-state index contributed by atoms with van der Waals surface area (Å²) in [5.41, 5.74) is 1.24. The minimum absolute atomic E-state index is 0.130. The second-order valence-electron chi connectivity index (χ2n) is 6.63. The van der Waals surface area contributed by atoms with Gasteiger partial charge in [0.05, 0.1) is 46.8 Å². The van der Waals surface area contributed by atoms with Gasteiger partial charge >= 0.3 is 11.9 Å². The number of benzene rings is 2. The molecule has 0 aliphatic heterocycles. The molecule has 0 aromatic heterocycles. The average Bonchev–Trinajstić information content (AvgIpc) is 2.81. The molecule has 2 aromatic carbocycles. The molecule has 178 valence electrons. The van der Waals surface area contributed by atoms with Gasteiger partial charge in [0.15, 0.2) is 11.5 Å². The predicted octanol–water partition coefficient (Wildman–Crippen LogP) is 3.41. The Kier molecular flexibility index (Phi) is 9.89. The molecule has 1 N–H and O–H groups in total. The monoisotopic (exact) mass is 478 g/mol. The molecule has 2 aromatic rings. The second-order valence-corrected chi connectivity index (χ2v) is 7.95. The first-order valence-corrected chi connectivity index (χ1v) is 11.1. The van der Waals surface area contributed by atoms with Crippen LogP contribution in [0.25, 0.3) is 6.08 Å². The Labute approximate surface area is 195 Å². The van der Waals surface area contributed by atoms with Gasteiger partial charge in [-0.25, -0.2) is 0 Å². The van der Waals surface area contributed by atoms with Crippen molar-refractivity contribution in [2.75, 3.05) is 28.4 Å². The molecule has 0 spiro atoms. The quantitative estimate of drug-likeness (QED) is 0.278. The van der Waals surface area contributed by atoms with Gasteiger partial charge in [0.1, 0.15) is 28.4 Å². The molecule has 33 heavy (non-hydrogen) atoms. The molecule has 9 nitrogen and oxygen atoms in total. The predicted molar refractivity (Wildman–Crippen MR) is 122 cm³/mol. The molecule has 0 saturated carbocycles. The fraction of sp³-hybridized carbons (Fsp3) is 0.304. The molecular weight excluding hydrogens is 452 g/mol. The van der Waals surface area contributed by atoms with Gasteiger partial charge in [-0.3, -0.25) is 9.59 Å². The molecular formula is C23H26O9S. The number of hydrogen-bond donors (Lipinski definition) is 1. The maximum Gasteiger partial charge on any atom is 0.311 e. The molecule has 0 bridgehead atoms. The summed E-state index contributed by atoms with van der Waals surface area (Å²) in [4.78, 5) is 22.5. The summed E-state index contributed by atoms with van der Waals surface area (Å²) in [5.74, 6) is 0.333. The molecule has 0 fully saturated rings. The van der Waals surface area contributed by atoms with E-state index in [1.807, 2.05) is 0 Å². The lowest BCUT2D eigenvalue weighted by atomic mass is 10.1. The Morgan fingerprint density at radius 2 is 1.55 bits per heavy atom. The summed E-state index contributed by atoms with van der Waals surface area (Å²) in [7, 11) is 5.98. The van der Waals surface area contributed by atoms with E-state index in [9.17, 15) is 14.1 Å². The van der Waals surface area contributed by atoms with Crippen LogP contribution >= 0.6 is 0 Å². The highest BCUT2D eigenvalue weighted by Crippen LogP contribution is 2.35. The molecule has 10 heteroatoms. The van der Waals surface area contributed by atoms with Crippen molar-refractivity contribution in [2.24, 2.45) is 0 Å². The van der Waals surface area contributed by atoms with E-state index in [2.05, 4.69) is 0 Å². The topological polar surface area (TPSA) is 124 Å². The van der Waals surface area contributed by atoms with Crippen LogP contribution in [0.3, 0.4) is 0 Å². The van der Waals surface area contributed by atoms with Gasteiger partial charge in [-0.05, 0) is 23.3 Å². The first-order chi connectivity index (χ1) is 15.8. The van der Waals surface area contributed by atoms with Gasteiger partial charge in [-0.2, -0.15) is 0 Å². The highest BCUT2D eigenvalue weighted by Gasteiger charge is 2.16. The first kappa shape index (κ1) is 25.9. The molecule has 1 atom stereocenters. The van der Waals surface area contributed by atoms with Crippen LogP contribution in [0.1, 0.15) is 24.0 Å². The zero-order valence-corrected chi connectivity index (χ0v) is 19.6. The molecule has 0 amide bonds. The van der Waals surface area contributed by atoms with Crippen molar-refractivity contribution < 1.29 is 42.9 Å². The summed E-state index contributed by atoms with van der Waals surface area (Å²) in [5, 5.41) is 10.2. The van der Waals surface area contributed by atoms with Gasteiger partial charge in [0, 0.05) is 23.8 Å². The Morgan fingerprint density at radius 1 is 0.909 bits per heavy atom. The van der Waals surface area contributed by atoms with Gasteiger partial charge < -0.3 is 33.3 Å². The molecule has 1 unspecified atom stereocenters. The molecule has 2 rings (SSSR count). The van der Waals surface area contributed by atoms with Crippen molar-refractivity contribution in [3.05, 3.63) is 46.9 Å². The van der Waals surface area contributed by atoms with E-state index in [-0.39, 0.29) is 24.3 Å². The van der Waals surface area contributed by atoms with E-state index < -0.39 is 23.1 Å². The van der Waals surface area contributed by atoms with Crippen molar-refractivity contribution >= 4 is 29.2 Å². The third-order valence-corrected chi connectivity index (χ3v) is 5.50. The minimum Gasteiger partial charge on any atom is -0.612 e. The van der Waals surface area contributed by atoms with Gasteiger partial charge in [0.25, 0.3) is 0 Å². The first-order valence-electron chi connectivity index (χ1n) is 9.76. The Morgan fingerprint density at radius 3 is 2.09 bits per heavy atom. The van der Waals surface area contributed by atoms with Crippen LogP contribution in [-0.2, 0) is 26.5 Å². The number of carbonyl (C=O) groups excluding carboxylic acids is 1. The van der Waals surface area contributed by atoms with E-state index in [1.54, 1.807) is 30.3 Å². The lowest BCUT2D eigenvalue weighted by molar-refractivity contribution is -0.142. The fourth-order valence-electron chi connectivity index (χ4n) is 2.83. The van der Waals surface area contributed by atoms with Crippen molar-refractivity contribution in [1.82, 2.24) is 0 Å². The number of hydrogen-bond acceptors (Lipinski definition) is 8. The highest BCUT2D eigenvalue weighted by atomic mass is 32.2. The summed E-state index contributed by atoms with van der Waals surface area (Å²) in [6, 6.07) is 8.22. The number of methoxy groups -OCH3 is 4. The van der Waals surface area contributed by atoms with E-state index in [0.717, 1.165) is 0 Å². The standard InChI is InChI=1S/C23H26O9S/c1-28-16-12-19(30-3)17(20(13-16)31-4)9-10-33(27)14-15-5-6-18(29-2)21(11-15)32-23(26)8-7-22(24)25/h5-6,9-13H,7-8,14H2,1-4H3,(H,24,25). The van der Waals surface area contributed by atoms with Gasteiger partial charge in [-0.15, -0.1) is 0 Å². The minimum atomic E-state index is -1.42. The fourth-order valence-corrected chi connectivity index (χ4v) is 3.72. The molecule has 0 radical (unpaired) electrons.